The maximum atomic E-state index is 14.8. The predicted molar refractivity (Wildman–Crippen MR) is 207 cm³/mol. The van der Waals surface area contributed by atoms with Gasteiger partial charge in [-0.1, -0.05) is 6.07 Å². The third-order valence-electron chi connectivity index (χ3n) is 12.7. The summed E-state index contributed by atoms with van der Waals surface area (Å²) in [6.45, 7) is 9.37. The smallest absolute Gasteiger partial charge is 0.331 e. The van der Waals surface area contributed by atoms with Crippen molar-refractivity contribution in [3.05, 3.63) is 62.7 Å². The van der Waals surface area contributed by atoms with Gasteiger partial charge in [-0.2, -0.15) is 5.26 Å². The first-order valence-electron chi connectivity index (χ1n) is 19.4. The van der Waals surface area contributed by atoms with Gasteiger partial charge in [0.2, 0.25) is 6.79 Å². The van der Waals surface area contributed by atoms with Gasteiger partial charge in [0.25, 0.3) is 0 Å². The number of aromatic hydroxyl groups is 1. The minimum atomic E-state index is -1.27. The zero-order chi connectivity index (χ0) is 39.2. The number of ether oxygens (including phenoxy) is 7. The number of carbonyl (C=O) groups is 1. The minimum absolute atomic E-state index is 0.0230. The molecule has 7 aliphatic rings. The van der Waals surface area contributed by atoms with Crippen molar-refractivity contribution in [1.82, 2.24) is 15.1 Å². The summed E-state index contributed by atoms with van der Waals surface area (Å²) >= 11 is 1.64. The summed E-state index contributed by atoms with van der Waals surface area (Å²) in [5.41, 5.74) is 6.12. The van der Waals surface area contributed by atoms with E-state index in [9.17, 15) is 15.2 Å². The van der Waals surface area contributed by atoms with Gasteiger partial charge >= 0.3 is 5.97 Å². The van der Waals surface area contributed by atoms with Gasteiger partial charge in [-0.05, 0) is 82.0 Å². The van der Waals surface area contributed by atoms with Gasteiger partial charge in [0.1, 0.15) is 18.4 Å². The van der Waals surface area contributed by atoms with Gasteiger partial charge < -0.3 is 38.3 Å². The number of aryl methyl sites for hydroxylation is 1. The summed E-state index contributed by atoms with van der Waals surface area (Å²) < 4.78 is 43.8. The van der Waals surface area contributed by atoms with Crippen molar-refractivity contribution < 1.29 is 43.1 Å². The van der Waals surface area contributed by atoms with Gasteiger partial charge in [-0.15, -0.1) is 11.8 Å². The normalized spacial score (nSPS) is 28.6. The number of carbonyl (C=O) groups excluding carboxylic acids is 1. The number of rotatable bonds is 6. The Balaban J connectivity index is 1.33. The molecule has 7 atom stereocenters. The first-order valence-corrected chi connectivity index (χ1v) is 20.4. The second-order valence-corrected chi connectivity index (χ2v) is 16.5. The molecule has 10 rings (SSSR count). The molecule has 0 aliphatic carbocycles. The van der Waals surface area contributed by atoms with Crippen molar-refractivity contribution in [3.63, 3.8) is 0 Å². The summed E-state index contributed by atoms with van der Waals surface area (Å²) in [5, 5.41) is 25.3. The molecule has 13 nitrogen and oxygen atoms in total. The lowest BCUT2D eigenvalue weighted by Crippen LogP contribution is -2.69. The molecule has 3 aromatic carbocycles. The van der Waals surface area contributed by atoms with E-state index in [1.807, 2.05) is 27.7 Å². The average molecular weight is 785 g/mol. The van der Waals surface area contributed by atoms with E-state index in [2.05, 4.69) is 34.3 Å². The van der Waals surface area contributed by atoms with E-state index < -0.39 is 23.6 Å². The Morgan fingerprint density at radius 2 is 1.77 bits per heavy atom. The molecule has 0 saturated carbocycles. The summed E-state index contributed by atoms with van der Waals surface area (Å²) in [4.78, 5) is 19.5. The molecule has 3 aromatic rings. The van der Waals surface area contributed by atoms with Gasteiger partial charge in [0, 0.05) is 46.6 Å². The van der Waals surface area contributed by atoms with Crippen LogP contribution in [-0.4, -0.2) is 99.2 Å². The zero-order valence-corrected chi connectivity index (χ0v) is 33.6. The molecule has 0 aromatic heterocycles. The molecule has 7 aliphatic heterocycles. The van der Waals surface area contributed by atoms with Crippen molar-refractivity contribution in [3.8, 4) is 46.3 Å². The molecule has 7 heterocycles. The van der Waals surface area contributed by atoms with Crippen molar-refractivity contribution in [2.75, 3.05) is 60.2 Å². The highest BCUT2D eigenvalue weighted by molar-refractivity contribution is 7.99. The Bertz CT molecular complexity index is 2170. The van der Waals surface area contributed by atoms with E-state index in [4.69, 9.17) is 33.2 Å². The number of phenols is 1. The molecule has 4 bridgehead atoms. The number of hydrogen-bond donors (Lipinski definition) is 2. The predicted octanol–water partition coefficient (Wildman–Crippen LogP) is 5.15. The van der Waals surface area contributed by atoms with Crippen molar-refractivity contribution >= 4 is 17.7 Å². The number of nitrogens with one attached hydrogen (secondary N) is 1. The van der Waals surface area contributed by atoms with Crippen LogP contribution in [0.5, 0.6) is 40.2 Å². The van der Waals surface area contributed by atoms with Crippen LogP contribution in [0, 0.1) is 25.2 Å². The fourth-order valence-electron chi connectivity index (χ4n) is 10.5. The fourth-order valence-corrected chi connectivity index (χ4v) is 12.2. The van der Waals surface area contributed by atoms with Gasteiger partial charge in [0.15, 0.2) is 40.0 Å². The molecular weight excluding hydrogens is 737 g/mol. The Morgan fingerprint density at radius 3 is 2.50 bits per heavy atom. The van der Waals surface area contributed by atoms with Crippen molar-refractivity contribution in [2.45, 2.75) is 81.5 Å². The van der Waals surface area contributed by atoms with E-state index >= 15 is 0 Å². The highest BCUT2D eigenvalue weighted by atomic mass is 32.2. The van der Waals surface area contributed by atoms with Gasteiger partial charge in [0.05, 0.1) is 50.8 Å². The lowest BCUT2D eigenvalue weighted by molar-refractivity contribution is -0.157. The third-order valence-corrected chi connectivity index (χ3v) is 14.2. The number of fused-ring (bicyclic) bond motifs is 9. The van der Waals surface area contributed by atoms with Gasteiger partial charge in [-0.3, -0.25) is 15.1 Å². The lowest BCUT2D eigenvalue weighted by atomic mass is 9.71. The van der Waals surface area contributed by atoms with Crippen LogP contribution in [-0.2, 0) is 27.9 Å². The molecule has 296 valence electrons. The Labute approximate surface area is 331 Å². The monoisotopic (exact) mass is 784 g/mol. The van der Waals surface area contributed by atoms with Crippen molar-refractivity contribution in [2.24, 2.45) is 0 Å². The van der Waals surface area contributed by atoms with E-state index in [0.717, 1.165) is 50.4 Å². The third kappa shape index (κ3) is 5.06. The molecule has 56 heavy (non-hydrogen) atoms. The molecule has 2 fully saturated rings. The van der Waals surface area contributed by atoms with E-state index in [1.54, 1.807) is 31.0 Å². The van der Waals surface area contributed by atoms with E-state index in [0.29, 0.717) is 55.4 Å². The van der Waals surface area contributed by atoms with E-state index in [1.165, 1.54) is 7.11 Å². The van der Waals surface area contributed by atoms with Crippen LogP contribution in [0.15, 0.2) is 18.2 Å². The van der Waals surface area contributed by atoms with Crippen LogP contribution >= 0.6 is 11.8 Å². The molecular formula is C42H48N4O9S. The first-order chi connectivity index (χ1) is 27.1. The van der Waals surface area contributed by atoms with Crippen LogP contribution in [0.3, 0.4) is 0 Å². The highest BCUT2D eigenvalue weighted by Gasteiger charge is 2.62. The molecule has 14 heteroatoms. The number of piperazine rings is 1. The Kier molecular flexibility index (Phi) is 9.15. The van der Waals surface area contributed by atoms with Crippen LogP contribution in [0.4, 0.5) is 0 Å². The number of benzene rings is 3. The number of likely N-dealkylation sites (N-methyl/N-ethyl adjacent to an activating group) is 1. The quantitative estimate of drug-likeness (QED) is 0.318. The Morgan fingerprint density at radius 1 is 1.00 bits per heavy atom. The highest BCUT2D eigenvalue weighted by Crippen LogP contribution is 2.64. The number of esters is 1. The SMILES string of the molecule is CCOc1c(C)c2c(c3c1[C@H]1SC[C@]4(NCCc5cc(O)c(OC)cc54)C(=O)OC[C@H]3N3C1[C@@H]1c4c(cc(C)c(OC)c4OCC)C[C@H]([C@@H]3C#N)N1C)OCO2. The van der Waals surface area contributed by atoms with Crippen molar-refractivity contribution in [1.29, 1.82) is 5.26 Å². The second-order valence-electron chi connectivity index (χ2n) is 15.3. The van der Waals surface area contributed by atoms with Crippen LogP contribution in [0.25, 0.3) is 0 Å². The van der Waals surface area contributed by atoms with Crippen LogP contribution in [0.1, 0.15) is 75.7 Å². The number of thioether (sulfide) groups is 1. The molecule has 2 saturated heterocycles. The van der Waals surface area contributed by atoms with E-state index in [-0.39, 0.29) is 54.0 Å². The standard InChI is InChI=1S/C42H48N4O9S/c1-8-51-36-21(4)37-39(55-19-54-37)31-27-17-53-41(48)42(24-15-29(49-6)28(47)14-22(24)10-11-44-42)18-56-40(32(31)36)34-33-30-23(12-20(3)35(50-7)38(30)52-9-2)13-25(45(33)5)26(16-43)46(27)34/h12,14-15,25-27,33-34,40,44,47H,8-11,13,17-19H2,1-7H3/t25-,26+,27-,33+,34?,40-,42-/m1/s1. The number of nitriles is 1. The summed E-state index contributed by atoms with van der Waals surface area (Å²) in [6.07, 6.45) is 1.24. The zero-order valence-electron chi connectivity index (χ0n) is 32.8. The second kappa shape index (κ2) is 13.8. The maximum Gasteiger partial charge on any atom is 0.331 e. The molecule has 1 spiro atoms. The van der Waals surface area contributed by atoms with Gasteiger partial charge in [-0.25, -0.2) is 4.79 Å². The molecule has 0 amide bonds. The lowest BCUT2D eigenvalue weighted by Gasteiger charge is -2.62. The van der Waals surface area contributed by atoms with Crippen LogP contribution in [0.2, 0.25) is 0 Å². The van der Waals surface area contributed by atoms with Crippen LogP contribution < -0.4 is 33.7 Å². The molecule has 2 N–H and O–H groups in total. The number of phenolic OH excluding ortho intramolecular Hbond substituents is 1. The Hall–Kier alpha value is -4.55. The molecule has 0 radical (unpaired) electrons. The minimum Gasteiger partial charge on any atom is -0.504 e. The molecule has 1 unspecified atom stereocenters. The summed E-state index contributed by atoms with van der Waals surface area (Å²) in [6, 6.07) is 6.47. The summed E-state index contributed by atoms with van der Waals surface area (Å²) in [7, 11) is 5.30. The fraction of sp³-hybridized carbons (Fsp3) is 0.524. The largest absolute Gasteiger partial charge is 0.504 e. The number of hydrogen-bond acceptors (Lipinski definition) is 14. The summed E-state index contributed by atoms with van der Waals surface area (Å²) in [5.74, 6) is 3.51. The first kappa shape index (κ1) is 37.1. The number of nitrogens with zero attached hydrogens (tertiary/aromatic N) is 3. The maximum absolute atomic E-state index is 14.8. The number of methoxy groups -OCH3 is 2. The topological polar surface area (TPSA) is 144 Å². The average Bonchev–Trinajstić information content (AvgIpc) is 3.68.